The number of nitrogens with zero attached hydrogens (tertiary/aromatic N) is 4. The van der Waals surface area contributed by atoms with Crippen LogP contribution >= 0.6 is 0 Å². The first-order valence-corrected chi connectivity index (χ1v) is 11.3. The number of fused-ring (bicyclic) bond motifs is 1. The molecule has 1 saturated heterocycles. The van der Waals surface area contributed by atoms with E-state index in [4.69, 9.17) is 14.5 Å². The maximum atomic E-state index is 13.5. The van der Waals surface area contributed by atoms with Crippen LogP contribution in [0.1, 0.15) is 27.8 Å². The molecule has 1 amide bonds. The summed E-state index contributed by atoms with van der Waals surface area (Å²) in [6.07, 6.45) is 3.68. The van der Waals surface area contributed by atoms with Crippen LogP contribution in [0, 0.1) is 0 Å². The molecule has 1 fully saturated rings. The highest BCUT2D eigenvalue weighted by molar-refractivity contribution is 6.07. The van der Waals surface area contributed by atoms with E-state index in [1.54, 1.807) is 13.3 Å². The Labute approximate surface area is 198 Å². The molecule has 1 aliphatic rings. The minimum Gasteiger partial charge on any atom is -0.497 e. The predicted octanol–water partition coefficient (Wildman–Crippen LogP) is 3.65. The van der Waals surface area contributed by atoms with Crippen molar-refractivity contribution in [2.45, 2.75) is 6.04 Å². The quantitative estimate of drug-likeness (QED) is 0.476. The van der Waals surface area contributed by atoms with E-state index in [9.17, 15) is 4.79 Å². The number of aryl methyl sites for hydroxylation is 1. The molecule has 8 nitrogen and oxygen atoms in total. The van der Waals surface area contributed by atoms with E-state index in [2.05, 4.69) is 10.3 Å². The van der Waals surface area contributed by atoms with E-state index in [0.717, 1.165) is 28.0 Å². The highest BCUT2D eigenvalue weighted by atomic mass is 16.5. The van der Waals surface area contributed by atoms with Crippen molar-refractivity contribution in [2.75, 3.05) is 38.7 Å². The Morgan fingerprint density at radius 3 is 2.59 bits per heavy atom. The average molecular weight is 458 g/mol. The number of morpholine rings is 1. The van der Waals surface area contributed by atoms with Gasteiger partial charge in [-0.15, -0.1) is 0 Å². The van der Waals surface area contributed by atoms with Crippen LogP contribution in [0.4, 0.5) is 5.82 Å². The lowest BCUT2D eigenvalue weighted by Crippen LogP contribution is -2.40. The lowest BCUT2D eigenvalue weighted by molar-refractivity contribution is 0.0304. The Morgan fingerprint density at radius 2 is 1.88 bits per heavy atom. The fourth-order valence-corrected chi connectivity index (χ4v) is 4.26. The molecular formula is C26H27N5O3. The zero-order valence-corrected chi connectivity index (χ0v) is 19.3. The molecule has 1 N–H and O–H groups in total. The molecule has 34 heavy (non-hydrogen) atoms. The summed E-state index contributed by atoms with van der Waals surface area (Å²) in [4.78, 5) is 24.7. The molecule has 1 unspecified atom stereocenters. The number of aromatic nitrogens is 3. The summed E-state index contributed by atoms with van der Waals surface area (Å²) in [5, 5.41) is 4.37. The number of rotatable bonds is 6. The van der Waals surface area contributed by atoms with Gasteiger partial charge in [-0.25, -0.2) is 9.97 Å². The van der Waals surface area contributed by atoms with Crippen molar-refractivity contribution in [3.05, 3.63) is 83.9 Å². The minimum absolute atomic E-state index is 0.0112. The van der Waals surface area contributed by atoms with Crippen LogP contribution in [0.15, 0.2) is 67.0 Å². The molecule has 4 aromatic rings. The zero-order chi connectivity index (χ0) is 23.5. The highest BCUT2D eigenvalue weighted by Gasteiger charge is 2.24. The van der Waals surface area contributed by atoms with Gasteiger partial charge in [0.1, 0.15) is 23.4 Å². The van der Waals surface area contributed by atoms with Gasteiger partial charge >= 0.3 is 0 Å². The number of ether oxygens (including phenoxy) is 2. The van der Waals surface area contributed by atoms with Crippen LogP contribution in [-0.2, 0) is 11.8 Å². The third-order valence-corrected chi connectivity index (χ3v) is 6.10. The van der Waals surface area contributed by atoms with Crippen molar-refractivity contribution in [2.24, 2.45) is 7.05 Å². The smallest absolute Gasteiger partial charge is 0.254 e. The average Bonchev–Trinajstić information content (AvgIpc) is 3.32. The molecular weight excluding hydrogens is 430 g/mol. The zero-order valence-electron chi connectivity index (χ0n) is 19.3. The first kappa shape index (κ1) is 21.9. The SMILES string of the molecule is COc1ccc(C(Nc2cc(C(=O)N3CCOCC3)c3ccccc3n2)c2nccn2C)cc1. The Balaban J connectivity index is 1.56. The number of carbonyl (C=O) groups is 1. The Bertz CT molecular complexity index is 1300. The molecule has 5 rings (SSSR count). The number of anilines is 1. The van der Waals surface area contributed by atoms with E-state index in [1.807, 2.05) is 77.3 Å². The van der Waals surface area contributed by atoms with Gasteiger partial charge in [0.05, 0.1) is 31.4 Å². The summed E-state index contributed by atoms with van der Waals surface area (Å²) in [6.45, 7) is 2.27. The van der Waals surface area contributed by atoms with Gasteiger partial charge in [-0.1, -0.05) is 30.3 Å². The summed E-state index contributed by atoms with van der Waals surface area (Å²) < 4.78 is 12.7. The molecule has 0 bridgehead atoms. The summed E-state index contributed by atoms with van der Waals surface area (Å²) in [7, 11) is 3.61. The second-order valence-corrected chi connectivity index (χ2v) is 8.22. The van der Waals surface area contributed by atoms with Gasteiger partial charge < -0.3 is 24.3 Å². The van der Waals surface area contributed by atoms with Gasteiger partial charge in [0.25, 0.3) is 5.91 Å². The van der Waals surface area contributed by atoms with Gasteiger partial charge in [-0.3, -0.25) is 4.79 Å². The maximum Gasteiger partial charge on any atom is 0.254 e. The van der Waals surface area contributed by atoms with Gasteiger partial charge in [0.15, 0.2) is 0 Å². The van der Waals surface area contributed by atoms with Gasteiger partial charge in [0.2, 0.25) is 0 Å². The summed E-state index contributed by atoms with van der Waals surface area (Å²) in [5.74, 6) is 2.22. The van der Waals surface area contributed by atoms with E-state index >= 15 is 0 Å². The van der Waals surface area contributed by atoms with E-state index in [1.165, 1.54) is 0 Å². The summed E-state index contributed by atoms with van der Waals surface area (Å²) in [6, 6.07) is 17.2. The van der Waals surface area contributed by atoms with Gasteiger partial charge in [-0.05, 0) is 29.8 Å². The number of nitrogens with one attached hydrogen (secondary N) is 1. The number of pyridine rings is 1. The molecule has 0 saturated carbocycles. The number of imidazole rings is 1. The summed E-state index contributed by atoms with van der Waals surface area (Å²) in [5.41, 5.74) is 2.40. The maximum absolute atomic E-state index is 13.5. The molecule has 2 aromatic heterocycles. The molecule has 3 heterocycles. The number of hydrogen-bond donors (Lipinski definition) is 1. The standard InChI is InChI=1S/C26H27N5O3/c1-30-12-11-27-25(30)24(18-7-9-19(33-2)10-8-18)29-23-17-21(20-5-3-4-6-22(20)28-23)26(32)31-13-15-34-16-14-31/h3-12,17,24H,13-16H2,1-2H3,(H,28,29). The Kier molecular flexibility index (Phi) is 6.14. The first-order valence-electron chi connectivity index (χ1n) is 11.3. The predicted molar refractivity (Wildman–Crippen MR) is 130 cm³/mol. The van der Waals surface area contributed by atoms with Crippen molar-refractivity contribution in [1.82, 2.24) is 19.4 Å². The van der Waals surface area contributed by atoms with Crippen molar-refractivity contribution in [3.8, 4) is 5.75 Å². The largest absolute Gasteiger partial charge is 0.497 e. The van der Waals surface area contributed by atoms with Gasteiger partial charge in [-0.2, -0.15) is 0 Å². The first-order chi connectivity index (χ1) is 16.6. The second-order valence-electron chi connectivity index (χ2n) is 8.22. The lowest BCUT2D eigenvalue weighted by Gasteiger charge is -2.27. The van der Waals surface area contributed by atoms with E-state index < -0.39 is 0 Å². The third-order valence-electron chi connectivity index (χ3n) is 6.10. The van der Waals surface area contributed by atoms with E-state index in [0.29, 0.717) is 37.7 Å². The molecule has 8 heteroatoms. The fourth-order valence-electron chi connectivity index (χ4n) is 4.26. The molecule has 1 aliphatic heterocycles. The Hall–Kier alpha value is -3.91. The topological polar surface area (TPSA) is 81.5 Å². The molecule has 2 aromatic carbocycles. The van der Waals surface area contributed by atoms with Gasteiger partial charge in [0, 0.05) is 37.9 Å². The Morgan fingerprint density at radius 1 is 1.12 bits per heavy atom. The van der Waals surface area contributed by atoms with E-state index in [-0.39, 0.29) is 11.9 Å². The highest BCUT2D eigenvalue weighted by Crippen LogP contribution is 2.29. The van der Waals surface area contributed by atoms with Crippen molar-refractivity contribution >= 4 is 22.6 Å². The normalized spacial score (nSPS) is 14.7. The third kappa shape index (κ3) is 4.32. The molecule has 0 aliphatic carbocycles. The molecule has 0 radical (unpaired) electrons. The van der Waals surface area contributed by atoms with Crippen molar-refractivity contribution in [1.29, 1.82) is 0 Å². The number of hydrogen-bond acceptors (Lipinski definition) is 6. The van der Waals surface area contributed by atoms with Crippen molar-refractivity contribution < 1.29 is 14.3 Å². The van der Waals surface area contributed by atoms with Crippen LogP contribution in [0.3, 0.4) is 0 Å². The summed E-state index contributed by atoms with van der Waals surface area (Å²) >= 11 is 0. The number of carbonyl (C=O) groups excluding carboxylic acids is 1. The van der Waals surface area contributed by atoms with Crippen LogP contribution in [0.2, 0.25) is 0 Å². The number of amides is 1. The minimum atomic E-state index is -0.272. The second kappa shape index (κ2) is 9.52. The van der Waals surface area contributed by atoms with Crippen molar-refractivity contribution in [3.63, 3.8) is 0 Å². The van der Waals surface area contributed by atoms with Crippen LogP contribution in [0.25, 0.3) is 10.9 Å². The molecule has 1 atom stereocenters. The number of methoxy groups -OCH3 is 1. The van der Waals surface area contributed by atoms with Crippen LogP contribution in [-0.4, -0.2) is 58.8 Å². The number of benzene rings is 2. The fraction of sp³-hybridized carbons (Fsp3) is 0.269. The van der Waals surface area contributed by atoms with Crippen LogP contribution < -0.4 is 10.1 Å². The molecule has 174 valence electrons. The molecule has 0 spiro atoms. The van der Waals surface area contributed by atoms with Crippen LogP contribution in [0.5, 0.6) is 5.75 Å². The number of para-hydroxylation sites is 1. The lowest BCUT2D eigenvalue weighted by atomic mass is 10.0. The monoisotopic (exact) mass is 457 g/mol.